The van der Waals surface area contributed by atoms with E-state index in [-0.39, 0.29) is 5.91 Å². The maximum atomic E-state index is 12.7. The molecular formula is C22H19N3O3. The number of carbonyl (C=O) groups excluding carboxylic acids is 1. The van der Waals surface area contributed by atoms with Crippen LogP contribution in [0.3, 0.4) is 0 Å². The van der Waals surface area contributed by atoms with E-state index in [0.717, 1.165) is 16.7 Å². The van der Waals surface area contributed by atoms with Gasteiger partial charge in [-0.3, -0.25) is 4.79 Å². The molecule has 6 heteroatoms. The summed E-state index contributed by atoms with van der Waals surface area (Å²) in [5.41, 5.74) is 4.45. The third kappa shape index (κ3) is 3.71. The van der Waals surface area contributed by atoms with Crippen molar-refractivity contribution in [3.05, 3.63) is 89.0 Å². The molecule has 2 aromatic heterocycles. The quantitative estimate of drug-likeness (QED) is 0.544. The first-order chi connectivity index (χ1) is 13.6. The van der Waals surface area contributed by atoms with Gasteiger partial charge in [-0.1, -0.05) is 29.4 Å². The van der Waals surface area contributed by atoms with Crippen LogP contribution in [0.2, 0.25) is 0 Å². The lowest BCUT2D eigenvalue weighted by Crippen LogP contribution is -2.13. The molecular weight excluding hydrogens is 354 g/mol. The van der Waals surface area contributed by atoms with E-state index in [4.69, 9.17) is 8.94 Å². The number of carbonyl (C=O) groups is 1. The van der Waals surface area contributed by atoms with Crippen molar-refractivity contribution in [1.82, 2.24) is 10.1 Å². The summed E-state index contributed by atoms with van der Waals surface area (Å²) in [4.78, 5) is 17.0. The molecule has 4 rings (SSSR count). The Bertz CT molecular complexity index is 1110. The van der Waals surface area contributed by atoms with Crippen LogP contribution in [0.15, 0.2) is 69.8 Å². The molecule has 0 fully saturated rings. The maximum Gasteiger partial charge on any atom is 0.255 e. The number of furan rings is 1. The van der Waals surface area contributed by atoms with E-state index in [1.54, 1.807) is 18.4 Å². The zero-order valence-corrected chi connectivity index (χ0v) is 15.6. The second-order valence-corrected chi connectivity index (χ2v) is 6.58. The molecule has 1 amide bonds. The van der Waals surface area contributed by atoms with Gasteiger partial charge in [0, 0.05) is 11.3 Å². The molecule has 0 saturated heterocycles. The third-order valence-corrected chi connectivity index (χ3v) is 4.59. The van der Waals surface area contributed by atoms with E-state index < -0.39 is 0 Å². The van der Waals surface area contributed by atoms with E-state index >= 15 is 0 Å². The minimum absolute atomic E-state index is 0.155. The van der Waals surface area contributed by atoms with Crippen molar-refractivity contribution in [2.45, 2.75) is 20.3 Å². The Labute approximate surface area is 162 Å². The minimum atomic E-state index is -0.155. The monoisotopic (exact) mass is 373 g/mol. The van der Waals surface area contributed by atoms with E-state index in [1.807, 2.05) is 56.3 Å². The van der Waals surface area contributed by atoms with Crippen molar-refractivity contribution < 1.29 is 13.7 Å². The predicted octanol–water partition coefficient (Wildman–Crippen LogP) is 4.79. The SMILES string of the molecule is Cc1ccc(C(=O)Nc2ccccc2Cc2nc(-c3ccco3)no2)cc1C. The number of benzene rings is 2. The molecule has 0 spiro atoms. The zero-order chi connectivity index (χ0) is 19.5. The molecule has 2 heterocycles. The Kier molecular flexibility index (Phi) is 4.76. The highest BCUT2D eigenvalue weighted by Gasteiger charge is 2.14. The summed E-state index contributed by atoms with van der Waals surface area (Å²) in [5, 5.41) is 6.92. The second-order valence-electron chi connectivity index (χ2n) is 6.58. The van der Waals surface area contributed by atoms with Gasteiger partial charge in [0.05, 0.1) is 12.7 Å². The molecule has 0 unspecified atom stereocenters. The summed E-state index contributed by atoms with van der Waals surface area (Å²) in [6.45, 7) is 4.01. The number of amides is 1. The number of para-hydroxylation sites is 1. The van der Waals surface area contributed by atoms with Crippen LogP contribution < -0.4 is 5.32 Å². The fourth-order valence-corrected chi connectivity index (χ4v) is 2.87. The third-order valence-electron chi connectivity index (χ3n) is 4.59. The Balaban J connectivity index is 1.54. The van der Waals surface area contributed by atoms with Gasteiger partial charge >= 0.3 is 0 Å². The standard InChI is InChI=1S/C22H19N3O3/c1-14-9-10-17(12-15(14)2)22(26)23-18-7-4-3-6-16(18)13-20-24-21(25-28-20)19-8-5-11-27-19/h3-12H,13H2,1-2H3,(H,23,26). The summed E-state index contributed by atoms with van der Waals surface area (Å²) in [6.07, 6.45) is 1.96. The van der Waals surface area contributed by atoms with Crippen molar-refractivity contribution in [2.24, 2.45) is 0 Å². The number of nitrogens with zero attached hydrogens (tertiary/aromatic N) is 2. The molecule has 28 heavy (non-hydrogen) atoms. The molecule has 6 nitrogen and oxygen atoms in total. The molecule has 0 saturated carbocycles. The van der Waals surface area contributed by atoms with Crippen LogP contribution in [0.1, 0.15) is 32.9 Å². The molecule has 0 bridgehead atoms. The Morgan fingerprint density at radius 3 is 2.68 bits per heavy atom. The van der Waals surface area contributed by atoms with Gasteiger partial charge in [-0.25, -0.2) is 0 Å². The van der Waals surface area contributed by atoms with Crippen LogP contribution >= 0.6 is 0 Å². The van der Waals surface area contributed by atoms with Gasteiger partial charge in [0.2, 0.25) is 11.7 Å². The molecule has 140 valence electrons. The molecule has 0 radical (unpaired) electrons. The number of hydrogen-bond donors (Lipinski definition) is 1. The molecule has 2 aromatic carbocycles. The number of aryl methyl sites for hydroxylation is 2. The van der Waals surface area contributed by atoms with E-state index in [2.05, 4.69) is 15.5 Å². The van der Waals surface area contributed by atoms with Gasteiger partial charge in [-0.2, -0.15) is 4.98 Å². The zero-order valence-electron chi connectivity index (χ0n) is 15.6. The second kappa shape index (κ2) is 7.52. The van der Waals surface area contributed by atoms with Gasteiger partial charge in [0.1, 0.15) is 0 Å². The predicted molar refractivity (Wildman–Crippen MR) is 105 cm³/mol. The largest absolute Gasteiger partial charge is 0.461 e. The number of rotatable bonds is 5. The molecule has 0 aliphatic heterocycles. The van der Waals surface area contributed by atoms with Gasteiger partial charge in [-0.05, 0) is 60.9 Å². The van der Waals surface area contributed by atoms with Crippen LogP contribution in [0.25, 0.3) is 11.6 Å². The number of aromatic nitrogens is 2. The lowest BCUT2D eigenvalue weighted by Gasteiger charge is -2.11. The summed E-state index contributed by atoms with van der Waals surface area (Å²) < 4.78 is 10.6. The first kappa shape index (κ1) is 17.7. The first-order valence-electron chi connectivity index (χ1n) is 8.93. The highest BCUT2D eigenvalue weighted by molar-refractivity contribution is 6.04. The fraction of sp³-hybridized carbons (Fsp3) is 0.136. The molecule has 0 aliphatic carbocycles. The smallest absolute Gasteiger partial charge is 0.255 e. The van der Waals surface area contributed by atoms with E-state index in [1.165, 1.54) is 0 Å². The minimum Gasteiger partial charge on any atom is -0.461 e. The normalized spacial score (nSPS) is 10.8. The molecule has 1 N–H and O–H groups in total. The van der Waals surface area contributed by atoms with Crippen LogP contribution in [0.5, 0.6) is 0 Å². The summed E-state index contributed by atoms with van der Waals surface area (Å²) >= 11 is 0. The van der Waals surface area contributed by atoms with Crippen molar-refractivity contribution in [3.8, 4) is 11.6 Å². The van der Waals surface area contributed by atoms with Crippen LogP contribution in [0, 0.1) is 13.8 Å². The van der Waals surface area contributed by atoms with Crippen molar-refractivity contribution >= 4 is 11.6 Å². The average Bonchev–Trinajstić information content (AvgIpc) is 3.37. The summed E-state index contributed by atoms with van der Waals surface area (Å²) in [7, 11) is 0. The average molecular weight is 373 g/mol. The fourth-order valence-electron chi connectivity index (χ4n) is 2.87. The first-order valence-corrected chi connectivity index (χ1v) is 8.93. The van der Waals surface area contributed by atoms with Gasteiger partial charge in [-0.15, -0.1) is 0 Å². The van der Waals surface area contributed by atoms with Crippen LogP contribution in [-0.4, -0.2) is 16.0 Å². The van der Waals surface area contributed by atoms with Crippen molar-refractivity contribution in [3.63, 3.8) is 0 Å². The molecule has 4 aromatic rings. The van der Waals surface area contributed by atoms with E-state index in [0.29, 0.717) is 35.1 Å². The Hall–Kier alpha value is -3.67. The number of hydrogen-bond acceptors (Lipinski definition) is 5. The number of nitrogens with one attached hydrogen (secondary N) is 1. The molecule has 0 atom stereocenters. The lowest BCUT2D eigenvalue weighted by molar-refractivity contribution is 0.102. The van der Waals surface area contributed by atoms with E-state index in [9.17, 15) is 4.79 Å². The van der Waals surface area contributed by atoms with Crippen LogP contribution in [-0.2, 0) is 6.42 Å². The lowest BCUT2D eigenvalue weighted by atomic mass is 10.1. The highest BCUT2D eigenvalue weighted by Crippen LogP contribution is 2.22. The van der Waals surface area contributed by atoms with Crippen molar-refractivity contribution in [1.29, 1.82) is 0 Å². The van der Waals surface area contributed by atoms with Crippen molar-refractivity contribution in [2.75, 3.05) is 5.32 Å². The van der Waals surface area contributed by atoms with Crippen LogP contribution in [0.4, 0.5) is 5.69 Å². The van der Waals surface area contributed by atoms with Gasteiger partial charge < -0.3 is 14.3 Å². The maximum absolute atomic E-state index is 12.7. The van der Waals surface area contributed by atoms with Gasteiger partial charge in [0.25, 0.3) is 5.91 Å². The summed E-state index contributed by atoms with van der Waals surface area (Å²) in [5.74, 6) is 1.24. The van der Waals surface area contributed by atoms with Gasteiger partial charge in [0.15, 0.2) is 5.76 Å². The molecule has 0 aliphatic rings. The topological polar surface area (TPSA) is 81.2 Å². The highest BCUT2D eigenvalue weighted by atomic mass is 16.5. The Morgan fingerprint density at radius 2 is 1.89 bits per heavy atom. The number of anilines is 1. The summed E-state index contributed by atoms with van der Waals surface area (Å²) in [6, 6.07) is 16.8. The Morgan fingerprint density at radius 1 is 1.04 bits per heavy atom.